The molecule has 0 unspecified atom stereocenters. The number of hydrogen-bond donors (Lipinski definition) is 3. The Morgan fingerprint density at radius 2 is 1.65 bits per heavy atom. The number of carbonyl (C=O) groups excluding carboxylic acids is 1. The molecule has 3 rings (SSSR count). The van der Waals surface area contributed by atoms with Gasteiger partial charge in [-0.1, -0.05) is 54.6 Å². The summed E-state index contributed by atoms with van der Waals surface area (Å²) in [5, 5.41) is 14.5. The lowest BCUT2D eigenvalue weighted by Gasteiger charge is -2.11. The molecule has 0 saturated carbocycles. The molecule has 0 aromatic heterocycles. The Balaban J connectivity index is 1.77. The second-order valence-electron chi connectivity index (χ2n) is 5.40. The molecule has 3 aromatic carbocycles. The molecule has 0 heterocycles. The van der Waals surface area contributed by atoms with Crippen LogP contribution in [0.2, 0.25) is 0 Å². The summed E-state index contributed by atoms with van der Waals surface area (Å²) in [5.41, 5.74) is 7.82. The Morgan fingerprint density at radius 3 is 2.39 bits per heavy atom. The number of phenolic OH excluding ortho intramolecular Hbond substituents is 1. The van der Waals surface area contributed by atoms with E-state index in [4.69, 9.17) is 5.73 Å². The monoisotopic (exact) mass is 306 g/mol. The van der Waals surface area contributed by atoms with Crippen molar-refractivity contribution in [2.24, 2.45) is 0 Å². The summed E-state index contributed by atoms with van der Waals surface area (Å²) in [6.45, 7) is 0.495. The Labute approximate surface area is 134 Å². The van der Waals surface area contributed by atoms with E-state index in [1.165, 1.54) is 6.07 Å². The number of aromatic hydroxyl groups is 1. The van der Waals surface area contributed by atoms with Crippen LogP contribution in [-0.4, -0.2) is 17.6 Å². The van der Waals surface area contributed by atoms with Crippen molar-refractivity contribution in [3.63, 3.8) is 0 Å². The van der Waals surface area contributed by atoms with Crippen LogP contribution in [0.15, 0.2) is 60.7 Å². The van der Waals surface area contributed by atoms with Gasteiger partial charge in [0.05, 0.1) is 5.56 Å². The standard InChI is InChI=1S/C19H18N2O2/c20-17-12-16(18(22)15-9-5-4-8-14(15)17)19(23)21-11-10-13-6-2-1-3-7-13/h1-9,12,22H,10-11,20H2,(H,21,23). The van der Waals surface area contributed by atoms with Crippen LogP contribution in [0.3, 0.4) is 0 Å². The number of phenols is 1. The summed E-state index contributed by atoms with van der Waals surface area (Å²) in [6, 6.07) is 18.7. The molecule has 23 heavy (non-hydrogen) atoms. The van der Waals surface area contributed by atoms with Crippen molar-refractivity contribution in [1.29, 1.82) is 0 Å². The number of anilines is 1. The summed E-state index contributed by atoms with van der Waals surface area (Å²) in [6.07, 6.45) is 0.733. The molecule has 0 saturated heterocycles. The van der Waals surface area contributed by atoms with E-state index in [1.807, 2.05) is 42.5 Å². The van der Waals surface area contributed by atoms with Gasteiger partial charge < -0.3 is 16.2 Å². The van der Waals surface area contributed by atoms with Gasteiger partial charge in [0.1, 0.15) is 5.75 Å². The molecule has 0 radical (unpaired) electrons. The highest BCUT2D eigenvalue weighted by molar-refractivity contribution is 6.07. The molecule has 0 atom stereocenters. The van der Waals surface area contributed by atoms with E-state index in [2.05, 4.69) is 5.32 Å². The van der Waals surface area contributed by atoms with E-state index in [0.29, 0.717) is 17.6 Å². The minimum atomic E-state index is -0.323. The zero-order chi connectivity index (χ0) is 16.2. The third-order valence-electron chi connectivity index (χ3n) is 3.83. The lowest BCUT2D eigenvalue weighted by Crippen LogP contribution is -2.26. The third kappa shape index (κ3) is 3.11. The summed E-state index contributed by atoms with van der Waals surface area (Å²) >= 11 is 0. The molecule has 0 aliphatic carbocycles. The maximum Gasteiger partial charge on any atom is 0.255 e. The Kier molecular flexibility index (Phi) is 4.15. The second-order valence-corrected chi connectivity index (χ2v) is 5.40. The molecular weight excluding hydrogens is 288 g/mol. The van der Waals surface area contributed by atoms with Crippen molar-refractivity contribution in [2.45, 2.75) is 6.42 Å². The van der Waals surface area contributed by atoms with E-state index in [1.54, 1.807) is 12.1 Å². The van der Waals surface area contributed by atoms with Gasteiger partial charge in [0.2, 0.25) is 0 Å². The fraction of sp³-hybridized carbons (Fsp3) is 0.105. The van der Waals surface area contributed by atoms with Gasteiger partial charge in [0.25, 0.3) is 5.91 Å². The largest absolute Gasteiger partial charge is 0.506 e. The highest BCUT2D eigenvalue weighted by Gasteiger charge is 2.15. The Bertz CT molecular complexity index is 845. The van der Waals surface area contributed by atoms with Crippen molar-refractivity contribution in [3.8, 4) is 5.75 Å². The molecule has 1 amide bonds. The number of benzene rings is 3. The maximum absolute atomic E-state index is 12.3. The molecular formula is C19H18N2O2. The third-order valence-corrected chi connectivity index (χ3v) is 3.83. The molecule has 3 aromatic rings. The SMILES string of the molecule is Nc1cc(C(=O)NCCc2ccccc2)c(O)c2ccccc12. The van der Waals surface area contributed by atoms with Gasteiger partial charge in [-0.25, -0.2) is 0 Å². The maximum atomic E-state index is 12.3. The minimum Gasteiger partial charge on any atom is -0.506 e. The van der Waals surface area contributed by atoms with Crippen LogP contribution in [0.25, 0.3) is 10.8 Å². The summed E-state index contributed by atoms with van der Waals surface area (Å²) in [4.78, 5) is 12.3. The van der Waals surface area contributed by atoms with Crippen molar-refractivity contribution in [2.75, 3.05) is 12.3 Å². The van der Waals surface area contributed by atoms with Gasteiger partial charge in [-0.15, -0.1) is 0 Å². The molecule has 4 nitrogen and oxygen atoms in total. The molecule has 0 spiro atoms. The molecule has 0 aliphatic rings. The normalized spacial score (nSPS) is 10.6. The molecule has 4 heteroatoms. The Morgan fingerprint density at radius 1 is 1.00 bits per heavy atom. The van der Waals surface area contributed by atoms with Crippen LogP contribution >= 0.6 is 0 Å². The lowest BCUT2D eigenvalue weighted by molar-refractivity contribution is 0.0952. The van der Waals surface area contributed by atoms with E-state index < -0.39 is 0 Å². The van der Waals surface area contributed by atoms with Crippen LogP contribution in [0.5, 0.6) is 5.75 Å². The molecule has 116 valence electrons. The van der Waals surface area contributed by atoms with Gasteiger partial charge >= 0.3 is 0 Å². The van der Waals surface area contributed by atoms with E-state index >= 15 is 0 Å². The first-order valence-electron chi connectivity index (χ1n) is 7.49. The van der Waals surface area contributed by atoms with E-state index in [-0.39, 0.29) is 17.2 Å². The number of rotatable bonds is 4. The van der Waals surface area contributed by atoms with Gasteiger partial charge in [-0.2, -0.15) is 0 Å². The minimum absolute atomic E-state index is 0.0352. The molecule has 0 fully saturated rings. The average Bonchev–Trinajstić information content (AvgIpc) is 2.59. The second kappa shape index (κ2) is 6.40. The van der Waals surface area contributed by atoms with Crippen molar-refractivity contribution >= 4 is 22.4 Å². The van der Waals surface area contributed by atoms with Gasteiger partial charge in [0, 0.05) is 23.0 Å². The van der Waals surface area contributed by atoms with Crippen LogP contribution in [0.1, 0.15) is 15.9 Å². The predicted octanol–water partition coefficient (Wildman–Crippen LogP) is 3.10. The topological polar surface area (TPSA) is 75.4 Å². The fourth-order valence-corrected chi connectivity index (χ4v) is 2.62. The van der Waals surface area contributed by atoms with Gasteiger partial charge in [-0.3, -0.25) is 4.79 Å². The first-order valence-corrected chi connectivity index (χ1v) is 7.49. The molecule has 4 N–H and O–H groups in total. The zero-order valence-electron chi connectivity index (χ0n) is 12.6. The van der Waals surface area contributed by atoms with Crippen molar-refractivity contribution in [1.82, 2.24) is 5.32 Å². The Hall–Kier alpha value is -3.01. The van der Waals surface area contributed by atoms with E-state index in [9.17, 15) is 9.90 Å². The summed E-state index contributed by atoms with van der Waals surface area (Å²) in [5.74, 6) is -0.358. The fourth-order valence-electron chi connectivity index (χ4n) is 2.62. The zero-order valence-corrected chi connectivity index (χ0v) is 12.6. The highest BCUT2D eigenvalue weighted by Crippen LogP contribution is 2.32. The average molecular weight is 306 g/mol. The number of nitrogens with two attached hydrogens (primary N) is 1. The smallest absolute Gasteiger partial charge is 0.255 e. The number of nitrogens with one attached hydrogen (secondary N) is 1. The number of fused-ring (bicyclic) bond motifs is 1. The van der Waals surface area contributed by atoms with Crippen LogP contribution in [0.4, 0.5) is 5.69 Å². The molecule has 0 bridgehead atoms. The van der Waals surface area contributed by atoms with Gasteiger partial charge in [-0.05, 0) is 18.1 Å². The lowest BCUT2D eigenvalue weighted by atomic mass is 10.0. The number of nitrogen functional groups attached to an aromatic ring is 1. The van der Waals surface area contributed by atoms with Crippen LogP contribution < -0.4 is 11.1 Å². The van der Waals surface area contributed by atoms with Crippen LogP contribution in [-0.2, 0) is 6.42 Å². The number of carbonyl (C=O) groups is 1. The first-order chi connectivity index (χ1) is 11.2. The summed E-state index contributed by atoms with van der Waals surface area (Å²) in [7, 11) is 0. The van der Waals surface area contributed by atoms with E-state index in [0.717, 1.165) is 17.4 Å². The van der Waals surface area contributed by atoms with Crippen LogP contribution in [0, 0.1) is 0 Å². The van der Waals surface area contributed by atoms with Gasteiger partial charge in [0.15, 0.2) is 0 Å². The first kappa shape index (κ1) is 14.9. The highest BCUT2D eigenvalue weighted by atomic mass is 16.3. The number of amides is 1. The number of hydrogen-bond acceptors (Lipinski definition) is 3. The molecule has 0 aliphatic heterocycles. The summed E-state index contributed by atoms with van der Waals surface area (Å²) < 4.78 is 0. The quantitative estimate of drug-likeness (QED) is 0.512. The van der Waals surface area contributed by atoms with Crippen molar-refractivity contribution < 1.29 is 9.90 Å². The van der Waals surface area contributed by atoms with Crippen molar-refractivity contribution in [3.05, 3.63) is 71.8 Å². The predicted molar refractivity (Wildman–Crippen MR) is 92.5 cm³/mol.